The maximum Gasteiger partial charge on any atom is 0.249 e. The van der Waals surface area contributed by atoms with Crippen LogP contribution in [0.3, 0.4) is 0 Å². The van der Waals surface area contributed by atoms with Crippen molar-refractivity contribution in [2.45, 2.75) is 37.4 Å². The molecule has 1 heterocycles. The predicted molar refractivity (Wildman–Crippen MR) is 99.3 cm³/mol. The van der Waals surface area contributed by atoms with E-state index in [1.54, 1.807) is 0 Å². The number of hydrogen-bond acceptors (Lipinski definition) is 3. The summed E-state index contributed by atoms with van der Waals surface area (Å²) in [6, 6.07) is 20.7. The number of nitrogens with two attached hydrogens (primary N) is 1. The van der Waals surface area contributed by atoms with Crippen molar-refractivity contribution in [3.63, 3.8) is 0 Å². The van der Waals surface area contributed by atoms with Gasteiger partial charge in [0.2, 0.25) is 5.91 Å². The SMILES string of the molecule is NC[C@H]1CC[C@@H](C(=O)NCC(Cc2ccccc2)c2ccccc2)O1. The molecule has 25 heavy (non-hydrogen) atoms. The molecule has 3 N–H and O–H groups in total. The molecule has 2 aromatic rings. The quantitative estimate of drug-likeness (QED) is 0.816. The highest BCUT2D eigenvalue weighted by Gasteiger charge is 2.30. The fraction of sp³-hybridized carbons (Fsp3) is 0.381. The summed E-state index contributed by atoms with van der Waals surface area (Å²) in [6.07, 6.45) is 2.16. The average Bonchev–Trinajstić information content (AvgIpc) is 3.16. The molecule has 0 aromatic heterocycles. The molecule has 1 saturated heterocycles. The Morgan fingerprint density at radius 1 is 1.08 bits per heavy atom. The van der Waals surface area contributed by atoms with Gasteiger partial charge in [-0.25, -0.2) is 0 Å². The Morgan fingerprint density at radius 3 is 2.40 bits per heavy atom. The fourth-order valence-corrected chi connectivity index (χ4v) is 3.34. The van der Waals surface area contributed by atoms with Crippen molar-refractivity contribution in [2.24, 2.45) is 5.73 Å². The highest BCUT2D eigenvalue weighted by atomic mass is 16.5. The standard InChI is InChI=1S/C21H26N2O2/c22-14-19-11-12-20(25-19)21(24)23-15-18(17-9-5-2-6-10-17)13-16-7-3-1-4-8-16/h1-10,18-20H,11-15,22H2,(H,23,24)/t18?,19-,20+/m1/s1. The second-order valence-corrected chi connectivity index (χ2v) is 6.60. The summed E-state index contributed by atoms with van der Waals surface area (Å²) < 4.78 is 5.69. The van der Waals surface area contributed by atoms with Gasteiger partial charge >= 0.3 is 0 Å². The van der Waals surface area contributed by atoms with Gasteiger partial charge in [0.15, 0.2) is 0 Å². The largest absolute Gasteiger partial charge is 0.364 e. The highest BCUT2D eigenvalue weighted by molar-refractivity contribution is 5.81. The Bertz CT molecular complexity index is 660. The Hall–Kier alpha value is -2.17. The molecule has 1 fully saturated rings. The summed E-state index contributed by atoms with van der Waals surface area (Å²) in [5, 5.41) is 3.08. The Balaban J connectivity index is 1.63. The van der Waals surface area contributed by atoms with E-state index >= 15 is 0 Å². The summed E-state index contributed by atoms with van der Waals surface area (Å²) in [5.41, 5.74) is 8.13. The third kappa shape index (κ3) is 4.91. The van der Waals surface area contributed by atoms with Crippen molar-refractivity contribution in [2.75, 3.05) is 13.1 Å². The van der Waals surface area contributed by atoms with E-state index in [2.05, 4.69) is 41.7 Å². The zero-order valence-corrected chi connectivity index (χ0v) is 14.4. The van der Waals surface area contributed by atoms with Gasteiger partial charge in [-0.05, 0) is 30.4 Å². The molecule has 3 atom stereocenters. The van der Waals surface area contributed by atoms with Gasteiger partial charge in [0.05, 0.1) is 6.10 Å². The number of rotatable bonds is 7. The van der Waals surface area contributed by atoms with Crippen LogP contribution in [0.5, 0.6) is 0 Å². The number of ether oxygens (including phenoxy) is 1. The summed E-state index contributed by atoms with van der Waals surface area (Å²) in [7, 11) is 0. The van der Waals surface area contributed by atoms with Crippen molar-refractivity contribution in [3.8, 4) is 0 Å². The minimum absolute atomic E-state index is 0.0185. The lowest BCUT2D eigenvalue weighted by Gasteiger charge is -2.20. The topological polar surface area (TPSA) is 64.4 Å². The summed E-state index contributed by atoms with van der Waals surface area (Å²) >= 11 is 0. The monoisotopic (exact) mass is 338 g/mol. The second kappa shape index (κ2) is 8.79. The first-order chi connectivity index (χ1) is 12.3. The van der Waals surface area contributed by atoms with Crippen LogP contribution in [-0.4, -0.2) is 31.2 Å². The molecule has 0 aliphatic carbocycles. The number of hydrogen-bond donors (Lipinski definition) is 2. The van der Waals surface area contributed by atoms with Crippen molar-refractivity contribution < 1.29 is 9.53 Å². The van der Waals surface area contributed by atoms with Gasteiger partial charge in [0.1, 0.15) is 6.10 Å². The molecule has 2 aromatic carbocycles. The molecule has 0 saturated carbocycles. The van der Waals surface area contributed by atoms with E-state index in [1.807, 2.05) is 24.3 Å². The zero-order chi connectivity index (χ0) is 17.5. The van der Waals surface area contributed by atoms with Crippen LogP contribution in [-0.2, 0) is 16.0 Å². The minimum atomic E-state index is -0.360. The van der Waals surface area contributed by atoms with E-state index in [0.717, 1.165) is 19.3 Å². The van der Waals surface area contributed by atoms with Gasteiger partial charge in [-0.1, -0.05) is 60.7 Å². The molecule has 0 radical (unpaired) electrons. The molecule has 4 nitrogen and oxygen atoms in total. The summed E-state index contributed by atoms with van der Waals surface area (Å²) in [6.45, 7) is 1.08. The van der Waals surface area contributed by atoms with Gasteiger partial charge in [0, 0.05) is 19.0 Å². The van der Waals surface area contributed by atoms with Gasteiger partial charge in [-0.2, -0.15) is 0 Å². The first kappa shape index (κ1) is 17.6. The second-order valence-electron chi connectivity index (χ2n) is 6.60. The van der Waals surface area contributed by atoms with Gasteiger partial charge in [0.25, 0.3) is 0 Å². The third-order valence-electron chi connectivity index (χ3n) is 4.78. The van der Waals surface area contributed by atoms with Crippen LogP contribution in [0.4, 0.5) is 0 Å². The zero-order valence-electron chi connectivity index (χ0n) is 14.4. The van der Waals surface area contributed by atoms with Crippen molar-refractivity contribution >= 4 is 5.91 Å². The molecule has 1 aliphatic rings. The number of carbonyl (C=O) groups excluding carboxylic acids is 1. The number of amides is 1. The highest BCUT2D eigenvalue weighted by Crippen LogP contribution is 2.22. The molecule has 1 aliphatic heterocycles. The Morgan fingerprint density at radius 2 is 1.76 bits per heavy atom. The van der Waals surface area contributed by atoms with E-state index in [4.69, 9.17) is 10.5 Å². The Labute approximate surface area is 149 Å². The molecule has 132 valence electrons. The van der Waals surface area contributed by atoms with Crippen LogP contribution in [0.15, 0.2) is 60.7 Å². The van der Waals surface area contributed by atoms with Crippen LogP contribution < -0.4 is 11.1 Å². The number of carbonyl (C=O) groups is 1. The van der Waals surface area contributed by atoms with Crippen LogP contribution in [0, 0.1) is 0 Å². The van der Waals surface area contributed by atoms with Crippen molar-refractivity contribution in [1.82, 2.24) is 5.32 Å². The van der Waals surface area contributed by atoms with Crippen LogP contribution in [0.25, 0.3) is 0 Å². The van der Waals surface area contributed by atoms with E-state index < -0.39 is 0 Å². The van der Waals surface area contributed by atoms with Crippen molar-refractivity contribution in [1.29, 1.82) is 0 Å². The third-order valence-corrected chi connectivity index (χ3v) is 4.78. The van der Waals surface area contributed by atoms with E-state index in [-0.39, 0.29) is 24.0 Å². The lowest BCUT2D eigenvalue weighted by atomic mass is 9.92. The number of benzene rings is 2. The molecular formula is C21H26N2O2. The van der Waals surface area contributed by atoms with Crippen LogP contribution in [0.2, 0.25) is 0 Å². The molecule has 0 spiro atoms. The van der Waals surface area contributed by atoms with E-state index in [9.17, 15) is 4.79 Å². The Kier molecular flexibility index (Phi) is 6.20. The minimum Gasteiger partial charge on any atom is -0.364 e. The smallest absolute Gasteiger partial charge is 0.249 e. The van der Waals surface area contributed by atoms with Crippen molar-refractivity contribution in [3.05, 3.63) is 71.8 Å². The maximum absolute atomic E-state index is 12.4. The molecule has 0 bridgehead atoms. The molecule has 1 unspecified atom stereocenters. The maximum atomic E-state index is 12.4. The van der Waals surface area contributed by atoms with E-state index in [0.29, 0.717) is 13.1 Å². The average molecular weight is 338 g/mol. The normalized spacial score (nSPS) is 21.0. The van der Waals surface area contributed by atoms with Gasteiger partial charge < -0.3 is 15.8 Å². The first-order valence-corrected chi connectivity index (χ1v) is 8.98. The van der Waals surface area contributed by atoms with Crippen LogP contribution >= 0.6 is 0 Å². The van der Waals surface area contributed by atoms with E-state index in [1.165, 1.54) is 11.1 Å². The molecule has 3 rings (SSSR count). The lowest BCUT2D eigenvalue weighted by Crippen LogP contribution is -2.38. The fourth-order valence-electron chi connectivity index (χ4n) is 3.34. The summed E-state index contributed by atoms with van der Waals surface area (Å²) in [5.74, 6) is 0.212. The lowest BCUT2D eigenvalue weighted by molar-refractivity contribution is -0.131. The van der Waals surface area contributed by atoms with Gasteiger partial charge in [-0.3, -0.25) is 4.79 Å². The van der Waals surface area contributed by atoms with Gasteiger partial charge in [-0.15, -0.1) is 0 Å². The molecule has 4 heteroatoms. The predicted octanol–water partition coefficient (Wildman–Crippen LogP) is 2.64. The first-order valence-electron chi connectivity index (χ1n) is 8.98. The van der Waals surface area contributed by atoms with Crippen LogP contribution in [0.1, 0.15) is 29.9 Å². The molecule has 1 amide bonds. The molecular weight excluding hydrogens is 312 g/mol. The number of nitrogens with one attached hydrogen (secondary N) is 1. The summed E-state index contributed by atoms with van der Waals surface area (Å²) in [4.78, 5) is 12.4.